The lowest BCUT2D eigenvalue weighted by molar-refractivity contribution is 0.326. The van der Waals surface area contributed by atoms with Gasteiger partial charge in [0, 0.05) is 6.20 Å². The Morgan fingerprint density at radius 2 is 2.40 bits per heavy atom. The minimum atomic E-state index is 0.669. The minimum Gasteiger partial charge on any atom is -0.480 e. The van der Waals surface area contributed by atoms with E-state index in [1.54, 1.807) is 6.20 Å². The van der Waals surface area contributed by atoms with Gasteiger partial charge in [-0.05, 0) is 13.8 Å². The van der Waals surface area contributed by atoms with Gasteiger partial charge >= 0.3 is 0 Å². The summed E-state index contributed by atoms with van der Waals surface area (Å²) < 4.78 is 5.15. The smallest absolute Gasteiger partial charge is 0.198 e. The van der Waals surface area contributed by atoms with Crippen LogP contribution in [0.3, 0.4) is 0 Å². The monoisotopic (exact) mass is 205 g/mol. The fraction of sp³-hybridized carbons (Fsp3) is 0.571. The van der Waals surface area contributed by atoms with Crippen molar-refractivity contribution < 1.29 is 4.74 Å². The predicted molar refractivity (Wildman–Crippen MR) is 47.7 cm³/mol. The molecule has 0 amide bonds. The number of alkyl halides is 1. The first-order chi connectivity index (χ1) is 4.85. The molecule has 0 spiro atoms. The maximum absolute atomic E-state index is 5.15. The van der Waals surface area contributed by atoms with Crippen molar-refractivity contribution in [3.63, 3.8) is 0 Å². The number of hydrogen-bond donors (Lipinski definition) is 0. The van der Waals surface area contributed by atoms with Crippen molar-refractivity contribution in [1.29, 1.82) is 0 Å². The number of halogens is 1. The molecule has 58 valence electrons. The SMILES string of the molecule is C/C=C\N=C(CBr)OCC. The van der Waals surface area contributed by atoms with Crippen LogP contribution in [0.15, 0.2) is 17.3 Å². The van der Waals surface area contributed by atoms with Gasteiger partial charge in [0.2, 0.25) is 0 Å². The van der Waals surface area contributed by atoms with Crippen molar-refractivity contribution in [2.75, 3.05) is 11.9 Å². The van der Waals surface area contributed by atoms with Crippen LogP contribution in [-0.2, 0) is 4.74 Å². The molecule has 0 atom stereocenters. The second-order valence-corrected chi connectivity index (χ2v) is 2.13. The Kier molecular flexibility index (Phi) is 6.59. The zero-order valence-electron chi connectivity index (χ0n) is 6.30. The molecule has 0 saturated heterocycles. The Hall–Kier alpha value is -0.310. The molecule has 0 aromatic rings. The summed E-state index contributed by atoms with van der Waals surface area (Å²) in [5, 5.41) is 0.672. The van der Waals surface area contributed by atoms with Gasteiger partial charge in [0.05, 0.1) is 11.9 Å². The highest BCUT2D eigenvalue weighted by Gasteiger charge is 1.91. The Labute approximate surface area is 70.1 Å². The first kappa shape index (κ1) is 9.69. The summed E-state index contributed by atoms with van der Waals surface area (Å²) >= 11 is 3.26. The summed E-state index contributed by atoms with van der Waals surface area (Å²) in [5.41, 5.74) is 0. The van der Waals surface area contributed by atoms with Crippen molar-refractivity contribution in [2.45, 2.75) is 13.8 Å². The molecule has 0 fully saturated rings. The summed E-state index contributed by atoms with van der Waals surface area (Å²) in [6.07, 6.45) is 3.58. The molecule has 0 aliphatic heterocycles. The molecule has 0 rings (SSSR count). The summed E-state index contributed by atoms with van der Waals surface area (Å²) in [5.74, 6) is 0.723. The van der Waals surface area contributed by atoms with Crippen molar-refractivity contribution in [3.05, 3.63) is 12.3 Å². The van der Waals surface area contributed by atoms with E-state index >= 15 is 0 Å². The van der Waals surface area contributed by atoms with E-state index in [2.05, 4.69) is 20.9 Å². The van der Waals surface area contributed by atoms with E-state index in [9.17, 15) is 0 Å². The molecule has 10 heavy (non-hydrogen) atoms. The number of aliphatic imine (C=N–C) groups is 1. The Morgan fingerprint density at radius 3 is 2.80 bits per heavy atom. The van der Waals surface area contributed by atoms with Crippen LogP contribution in [0.1, 0.15) is 13.8 Å². The molecule has 0 N–H and O–H groups in total. The number of hydrogen-bond acceptors (Lipinski definition) is 2. The molecular formula is C7H12BrNO. The summed E-state index contributed by atoms with van der Waals surface area (Å²) in [6.45, 7) is 4.52. The van der Waals surface area contributed by atoms with Crippen LogP contribution >= 0.6 is 15.9 Å². The third-order valence-electron chi connectivity index (χ3n) is 0.793. The third-order valence-corrected chi connectivity index (χ3v) is 1.27. The second kappa shape index (κ2) is 6.81. The van der Waals surface area contributed by atoms with E-state index in [1.165, 1.54) is 0 Å². The number of rotatable bonds is 3. The van der Waals surface area contributed by atoms with Crippen molar-refractivity contribution >= 4 is 21.8 Å². The van der Waals surface area contributed by atoms with Gasteiger partial charge in [0.1, 0.15) is 0 Å². The van der Waals surface area contributed by atoms with E-state index in [-0.39, 0.29) is 0 Å². The predicted octanol–water partition coefficient (Wildman–Crippen LogP) is 2.35. The highest BCUT2D eigenvalue weighted by Crippen LogP contribution is 1.90. The van der Waals surface area contributed by atoms with Crippen LogP contribution in [0.2, 0.25) is 0 Å². The molecule has 0 heterocycles. The molecule has 0 bridgehead atoms. The Bertz CT molecular complexity index is 132. The van der Waals surface area contributed by atoms with Crippen LogP contribution in [0.5, 0.6) is 0 Å². The zero-order valence-corrected chi connectivity index (χ0v) is 7.89. The second-order valence-electron chi connectivity index (χ2n) is 1.57. The molecular weight excluding hydrogens is 194 g/mol. The average Bonchev–Trinajstić information content (AvgIpc) is 1.98. The Balaban J connectivity index is 3.78. The van der Waals surface area contributed by atoms with Crippen molar-refractivity contribution in [1.82, 2.24) is 0 Å². The quantitative estimate of drug-likeness (QED) is 0.394. The van der Waals surface area contributed by atoms with Crippen LogP contribution < -0.4 is 0 Å². The summed E-state index contributed by atoms with van der Waals surface area (Å²) in [6, 6.07) is 0. The lowest BCUT2D eigenvalue weighted by Crippen LogP contribution is -2.04. The topological polar surface area (TPSA) is 21.6 Å². The first-order valence-electron chi connectivity index (χ1n) is 3.21. The van der Waals surface area contributed by atoms with Crippen LogP contribution in [0.4, 0.5) is 0 Å². The van der Waals surface area contributed by atoms with Gasteiger partial charge in [-0.1, -0.05) is 22.0 Å². The maximum atomic E-state index is 5.15. The minimum absolute atomic E-state index is 0.669. The Morgan fingerprint density at radius 1 is 1.70 bits per heavy atom. The van der Waals surface area contributed by atoms with Crippen LogP contribution in [-0.4, -0.2) is 17.8 Å². The van der Waals surface area contributed by atoms with E-state index in [0.29, 0.717) is 11.9 Å². The highest BCUT2D eigenvalue weighted by molar-refractivity contribution is 9.09. The molecule has 0 unspecified atom stereocenters. The highest BCUT2D eigenvalue weighted by atomic mass is 79.9. The maximum Gasteiger partial charge on any atom is 0.198 e. The fourth-order valence-electron chi connectivity index (χ4n) is 0.435. The van der Waals surface area contributed by atoms with Gasteiger partial charge in [-0.3, -0.25) is 0 Å². The standard InChI is InChI=1S/C7H12BrNO/c1-3-5-9-7(6-8)10-4-2/h3,5H,4,6H2,1-2H3/b5-3-,9-7?. The van der Waals surface area contributed by atoms with Gasteiger partial charge in [-0.25, -0.2) is 4.99 Å². The normalized spacial score (nSPS) is 12.5. The molecule has 0 aliphatic rings. The summed E-state index contributed by atoms with van der Waals surface area (Å²) in [7, 11) is 0. The van der Waals surface area contributed by atoms with E-state index in [0.717, 1.165) is 5.90 Å². The van der Waals surface area contributed by atoms with Gasteiger partial charge in [0.25, 0.3) is 0 Å². The van der Waals surface area contributed by atoms with Crippen molar-refractivity contribution in [2.24, 2.45) is 4.99 Å². The largest absolute Gasteiger partial charge is 0.480 e. The number of allylic oxidation sites excluding steroid dienone is 1. The average molecular weight is 206 g/mol. The van der Waals surface area contributed by atoms with E-state index in [1.807, 2.05) is 19.9 Å². The van der Waals surface area contributed by atoms with Crippen molar-refractivity contribution in [3.8, 4) is 0 Å². The molecule has 0 aliphatic carbocycles. The van der Waals surface area contributed by atoms with Crippen LogP contribution in [0.25, 0.3) is 0 Å². The third kappa shape index (κ3) is 4.56. The van der Waals surface area contributed by atoms with E-state index in [4.69, 9.17) is 4.74 Å². The fourth-order valence-corrected chi connectivity index (χ4v) is 0.741. The molecule has 0 aromatic carbocycles. The molecule has 0 saturated carbocycles. The van der Waals surface area contributed by atoms with Gasteiger partial charge in [0.15, 0.2) is 5.90 Å². The number of nitrogens with zero attached hydrogens (tertiary/aromatic N) is 1. The lowest BCUT2D eigenvalue weighted by atomic mass is 10.7. The van der Waals surface area contributed by atoms with Crippen LogP contribution in [0, 0.1) is 0 Å². The molecule has 0 radical (unpaired) electrons. The first-order valence-corrected chi connectivity index (χ1v) is 4.33. The van der Waals surface area contributed by atoms with Gasteiger partial charge in [-0.15, -0.1) is 0 Å². The number of ether oxygens (including phenoxy) is 1. The summed E-state index contributed by atoms with van der Waals surface area (Å²) in [4.78, 5) is 4.02. The zero-order chi connectivity index (χ0) is 7.82. The molecule has 0 aromatic heterocycles. The van der Waals surface area contributed by atoms with Gasteiger partial charge in [-0.2, -0.15) is 0 Å². The van der Waals surface area contributed by atoms with Gasteiger partial charge < -0.3 is 4.74 Å². The molecule has 2 nitrogen and oxygen atoms in total. The lowest BCUT2D eigenvalue weighted by Gasteiger charge is -2.00. The molecule has 3 heteroatoms. The van der Waals surface area contributed by atoms with E-state index < -0.39 is 0 Å².